The van der Waals surface area contributed by atoms with Gasteiger partial charge in [0.15, 0.2) is 5.60 Å². The molecule has 2 unspecified atom stereocenters. The number of amides is 2. The summed E-state index contributed by atoms with van der Waals surface area (Å²) in [4.78, 5) is 25.1. The van der Waals surface area contributed by atoms with Gasteiger partial charge < -0.3 is 10.1 Å². The zero-order valence-corrected chi connectivity index (χ0v) is 16.7. The Kier molecular flexibility index (Phi) is 8.01. The molecule has 0 radical (unpaired) electrons. The second-order valence-electron chi connectivity index (χ2n) is 6.03. The fourth-order valence-electron chi connectivity index (χ4n) is 2.26. The number of carbonyl (C=O) groups is 2. The average molecular weight is 433 g/mol. The number of nitrogens with one attached hydrogen (secondary N) is 2. The van der Waals surface area contributed by atoms with Crippen LogP contribution in [0.25, 0.3) is 0 Å². The molecule has 1 aromatic heterocycles. The molecule has 0 spiro atoms. The van der Waals surface area contributed by atoms with Crippen LogP contribution in [0, 0.1) is 23.7 Å². The van der Waals surface area contributed by atoms with Gasteiger partial charge in [0.2, 0.25) is 0 Å². The van der Waals surface area contributed by atoms with Crippen molar-refractivity contribution in [1.82, 2.24) is 15.2 Å². The van der Waals surface area contributed by atoms with E-state index in [2.05, 4.69) is 33.4 Å². The number of benzene rings is 1. The van der Waals surface area contributed by atoms with E-state index in [-0.39, 0.29) is 5.56 Å². The van der Waals surface area contributed by atoms with Crippen LogP contribution in [0.2, 0.25) is 0 Å². The summed E-state index contributed by atoms with van der Waals surface area (Å²) in [5.74, 6) is 8.93. The number of hydrogen-bond acceptors (Lipinski definition) is 6. The number of ether oxygens (including phenoxy) is 1. The van der Waals surface area contributed by atoms with Crippen molar-refractivity contribution in [3.63, 3.8) is 0 Å². The van der Waals surface area contributed by atoms with Gasteiger partial charge in [-0.3, -0.25) is 14.8 Å². The molecule has 1 aromatic carbocycles. The van der Waals surface area contributed by atoms with Crippen molar-refractivity contribution in [2.45, 2.75) is 25.0 Å². The topological polar surface area (TPSA) is 101 Å². The van der Waals surface area contributed by atoms with E-state index in [1.165, 1.54) is 29.1 Å². The fraction of sp³-hybridized carbons (Fsp3) is 0.250. The number of methoxy groups -OCH3 is 1. The van der Waals surface area contributed by atoms with Gasteiger partial charge in [-0.2, -0.15) is 4.37 Å². The van der Waals surface area contributed by atoms with E-state index in [9.17, 15) is 18.4 Å². The summed E-state index contributed by atoms with van der Waals surface area (Å²) >= 11 is 1.25. The number of rotatable bonds is 6. The minimum absolute atomic E-state index is 0.0970. The molecule has 2 atom stereocenters. The van der Waals surface area contributed by atoms with Crippen LogP contribution in [0.4, 0.5) is 8.78 Å². The molecular formula is C20H17F2N3O4S. The molecule has 7 nitrogen and oxygen atoms in total. The highest BCUT2D eigenvalue weighted by molar-refractivity contribution is 7.06. The van der Waals surface area contributed by atoms with Crippen molar-refractivity contribution in [2.75, 3.05) is 7.11 Å². The second-order valence-corrected chi connectivity index (χ2v) is 6.86. The molecule has 0 saturated heterocycles. The molecule has 0 aliphatic carbocycles. The van der Waals surface area contributed by atoms with Gasteiger partial charge in [0, 0.05) is 24.4 Å². The summed E-state index contributed by atoms with van der Waals surface area (Å²) in [6, 6.07) is 5.83. The van der Waals surface area contributed by atoms with Crippen LogP contribution in [-0.4, -0.2) is 46.6 Å². The van der Waals surface area contributed by atoms with E-state index in [0.717, 1.165) is 18.9 Å². The second kappa shape index (κ2) is 10.5. The van der Waals surface area contributed by atoms with Crippen molar-refractivity contribution in [3.05, 3.63) is 52.5 Å². The van der Waals surface area contributed by atoms with Crippen LogP contribution in [0.3, 0.4) is 0 Å². The first-order valence-corrected chi connectivity index (χ1v) is 9.20. The third kappa shape index (κ3) is 5.61. The Morgan fingerprint density at radius 1 is 1.20 bits per heavy atom. The summed E-state index contributed by atoms with van der Waals surface area (Å²) in [6.07, 6.45) is -1.48. The number of alkyl halides is 2. The Hall–Kier alpha value is -3.31. The number of halogens is 2. The predicted molar refractivity (Wildman–Crippen MR) is 105 cm³/mol. The van der Waals surface area contributed by atoms with Crippen LogP contribution in [0.1, 0.15) is 27.7 Å². The molecule has 0 fully saturated rings. The Labute approximate surface area is 175 Å². The van der Waals surface area contributed by atoms with Gasteiger partial charge in [-0.15, -0.1) is 0 Å². The summed E-state index contributed by atoms with van der Waals surface area (Å²) in [5.41, 5.74) is -0.423. The third-order valence-corrected chi connectivity index (χ3v) is 4.80. The third-order valence-electron chi connectivity index (χ3n) is 4.13. The van der Waals surface area contributed by atoms with Gasteiger partial charge in [0.25, 0.3) is 18.2 Å². The minimum Gasteiger partial charge on any atom is -0.370 e. The first-order valence-electron chi connectivity index (χ1n) is 8.42. The standard InChI is InChI=1S/C20H17F2N3O4S/c1-20(29-2,19(21)22)16(18(27)25-28)24-17(26)14-9-7-13(8-10-14)5-3-4-6-15-11-12-23-30-15/h7-12,16,19,28H,1-2H3,(H,24,26)(H,25,27). The van der Waals surface area contributed by atoms with E-state index >= 15 is 0 Å². The Balaban J connectivity index is 2.13. The maximum absolute atomic E-state index is 13.4. The SMILES string of the molecule is COC(C)(C(F)F)C(NC(=O)c1ccc(C#CC#Cc2ccns2)cc1)C(=O)NO. The van der Waals surface area contributed by atoms with Gasteiger partial charge in [-0.1, -0.05) is 5.92 Å². The number of nitrogens with zero attached hydrogens (tertiary/aromatic N) is 1. The number of aromatic nitrogens is 1. The summed E-state index contributed by atoms with van der Waals surface area (Å²) in [5, 5.41) is 11.0. The molecule has 156 valence electrons. The zero-order valence-electron chi connectivity index (χ0n) is 15.9. The van der Waals surface area contributed by atoms with Gasteiger partial charge in [0.1, 0.15) is 6.04 Å². The predicted octanol–water partition coefficient (Wildman–Crippen LogP) is 1.82. The van der Waals surface area contributed by atoms with Gasteiger partial charge in [0.05, 0.1) is 4.88 Å². The summed E-state index contributed by atoms with van der Waals surface area (Å²) < 4.78 is 35.5. The van der Waals surface area contributed by atoms with Crippen molar-refractivity contribution in [1.29, 1.82) is 0 Å². The molecule has 0 bridgehead atoms. The molecule has 2 rings (SSSR count). The molecule has 3 N–H and O–H groups in total. The maximum atomic E-state index is 13.4. The van der Waals surface area contributed by atoms with Gasteiger partial charge in [-0.05, 0) is 66.5 Å². The van der Waals surface area contributed by atoms with E-state index in [1.54, 1.807) is 24.4 Å². The first-order chi connectivity index (χ1) is 14.3. The van der Waals surface area contributed by atoms with Crippen molar-refractivity contribution >= 4 is 23.3 Å². The van der Waals surface area contributed by atoms with Crippen molar-refractivity contribution in [2.24, 2.45) is 0 Å². The molecule has 0 saturated carbocycles. The maximum Gasteiger partial charge on any atom is 0.269 e. The Morgan fingerprint density at radius 2 is 1.87 bits per heavy atom. The van der Waals surface area contributed by atoms with Crippen LogP contribution in [0.5, 0.6) is 0 Å². The van der Waals surface area contributed by atoms with Crippen molar-refractivity contribution in [3.8, 4) is 23.7 Å². The molecule has 0 aliphatic rings. The highest BCUT2D eigenvalue weighted by Crippen LogP contribution is 2.24. The first kappa shape index (κ1) is 23.0. The van der Waals surface area contributed by atoms with Gasteiger partial charge >= 0.3 is 0 Å². The normalized spacial score (nSPS) is 13.1. The van der Waals surface area contributed by atoms with Crippen LogP contribution in [-0.2, 0) is 9.53 Å². The molecule has 1 heterocycles. The molecule has 2 aromatic rings. The van der Waals surface area contributed by atoms with E-state index < -0.39 is 29.9 Å². The highest BCUT2D eigenvalue weighted by Gasteiger charge is 2.48. The quantitative estimate of drug-likeness (QED) is 0.367. The number of carbonyl (C=O) groups excluding carboxylic acids is 2. The van der Waals surface area contributed by atoms with Crippen LogP contribution >= 0.6 is 11.5 Å². The average Bonchev–Trinajstić information content (AvgIpc) is 3.27. The number of hydroxylamine groups is 1. The lowest BCUT2D eigenvalue weighted by Gasteiger charge is -2.34. The monoisotopic (exact) mass is 433 g/mol. The smallest absolute Gasteiger partial charge is 0.269 e. The molecule has 30 heavy (non-hydrogen) atoms. The van der Waals surface area contributed by atoms with E-state index in [0.29, 0.717) is 5.56 Å². The zero-order chi connectivity index (χ0) is 22.1. The molecule has 10 heteroatoms. The fourth-order valence-corrected chi connectivity index (χ4v) is 2.72. The highest BCUT2D eigenvalue weighted by atomic mass is 32.1. The van der Waals surface area contributed by atoms with Crippen LogP contribution in [0.15, 0.2) is 36.5 Å². The minimum atomic E-state index is -3.12. The summed E-state index contributed by atoms with van der Waals surface area (Å²) in [7, 11) is 0.974. The van der Waals surface area contributed by atoms with Crippen molar-refractivity contribution < 1.29 is 28.3 Å². The lowest BCUT2D eigenvalue weighted by atomic mass is 9.95. The van der Waals surface area contributed by atoms with Gasteiger partial charge in [-0.25, -0.2) is 14.3 Å². The number of hydrogen-bond donors (Lipinski definition) is 3. The van der Waals surface area contributed by atoms with E-state index in [1.807, 2.05) is 0 Å². The molecule has 0 aliphatic heterocycles. The lowest BCUT2D eigenvalue weighted by Crippen LogP contribution is -2.62. The summed E-state index contributed by atoms with van der Waals surface area (Å²) in [6.45, 7) is 0.948. The Bertz CT molecular complexity index is 1000. The van der Waals surface area contributed by atoms with E-state index in [4.69, 9.17) is 9.94 Å². The lowest BCUT2D eigenvalue weighted by molar-refractivity contribution is -0.157. The van der Waals surface area contributed by atoms with Crippen LogP contribution < -0.4 is 10.8 Å². The Morgan fingerprint density at radius 3 is 2.40 bits per heavy atom. The molecular weight excluding hydrogens is 416 g/mol. The molecule has 2 amide bonds. The largest absolute Gasteiger partial charge is 0.370 e.